The standard InChI is InChI=1S/C20H28O5/c1-6-10(2)18(21)24-14-9-20(5,23)13-8-7-11(3)15(13)17-16(14)12(4)19(22)25-17/h6-7,12-17,23H,8-9H2,1-5H3/b10-6+/t12-,13+,14-,15-,16+,17+,20+/m0/s1. The fourth-order valence-corrected chi connectivity index (χ4v) is 4.81. The molecule has 0 aromatic rings. The number of hydrogen-bond acceptors (Lipinski definition) is 5. The predicted molar refractivity (Wildman–Crippen MR) is 92.4 cm³/mol. The molecular formula is C20H28O5. The van der Waals surface area contributed by atoms with Crippen LogP contribution >= 0.6 is 0 Å². The van der Waals surface area contributed by atoms with Crippen LogP contribution in [-0.4, -0.2) is 34.9 Å². The van der Waals surface area contributed by atoms with Gasteiger partial charge in [-0.1, -0.05) is 24.6 Å². The molecule has 2 fully saturated rings. The highest BCUT2D eigenvalue weighted by atomic mass is 16.6. The van der Waals surface area contributed by atoms with Crippen LogP contribution in [0.2, 0.25) is 0 Å². The number of carbonyl (C=O) groups is 2. The van der Waals surface area contributed by atoms with Gasteiger partial charge in [-0.05, 0) is 34.1 Å². The molecule has 1 aliphatic heterocycles. The Balaban J connectivity index is 1.99. The molecular weight excluding hydrogens is 320 g/mol. The normalized spacial score (nSPS) is 43.7. The number of aliphatic hydroxyl groups is 1. The van der Waals surface area contributed by atoms with E-state index in [1.807, 2.05) is 20.8 Å². The molecule has 0 aromatic heterocycles. The Morgan fingerprint density at radius 1 is 1.48 bits per heavy atom. The van der Waals surface area contributed by atoms with Gasteiger partial charge in [0.1, 0.15) is 12.2 Å². The van der Waals surface area contributed by atoms with Gasteiger partial charge in [0, 0.05) is 29.7 Å². The largest absolute Gasteiger partial charge is 0.461 e. The van der Waals surface area contributed by atoms with Crippen molar-refractivity contribution in [3.05, 3.63) is 23.3 Å². The molecule has 138 valence electrons. The Morgan fingerprint density at radius 2 is 2.16 bits per heavy atom. The van der Waals surface area contributed by atoms with E-state index in [-0.39, 0.29) is 35.7 Å². The van der Waals surface area contributed by atoms with Crippen molar-refractivity contribution < 1.29 is 24.2 Å². The van der Waals surface area contributed by atoms with E-state index >= 15 is 0 Å². The minimum absolute atomic E-state index is 0.0135. The summed E-state index contributed by atoms with van der Waals surface area (Å²) >= 11 is 0. The maximum atomic E-state index is 12.3. The molecule has 1 heterocycles. The second kappa shape index (κ2) is 6.27. The van der Waals surface area contributed by atoms with Crippen LogP contribution in [0.5, 0.6) is 0 Å². The lowest BCUT2D eigenvalue weighted by atomic mass is 9.76. The highest BCUT2D eigenvalue weighted by Crippen LogP contribution is 2.53. The minimum atomic E-state index is -0.982. The molecule has 5 heteroatoms. The van der Waals surface area contributed by atoms with Crippen molar-refractivity contribution in [2.75, 3.05) is 0 Å². The summed E-state index contributed by atoms with van der Waals surface area (Å²) in [5.41, 5.74) is 0.692. The molecule has 1 saturated heterocycles. The summed E-state index contributed by atoms with van der Waals surface area (Å²) in [6, 6.07) is 0. The fourth-order valence-electron chi connectivity index (χ4n) is 4.81. The molecule has 3 rings (SSSR count). The smallest absolute Gasteiger partial charge is 0.333 e. The lowest BCUT2D eigenvalue weighted by molar-refractivity contribution is -0.152. The third-order valence-corrected chi connectivity index (χ3v) is 6.44. The molecule has 0 aromatic carbocycles. The first kappa shape index (κ1) is 18.2. The average Bonchev–Trinajstić information content (AvgIpc) is 3.03. The third kappa shape index (κ3) is 2.92. The number of allylic oxidation sites excluding steroid dienone is 2. The molecule has 0 amide bonds. The minimum Gasteiger partial charge on any atom is -0.461 e. The van der Waals surface area contributed by atoms with Crippen molar-refractivity contribution in [1.82, 2.24) is 0 Å². The molecule has 25 heavy (non-hydrogen) atoms. The number of rotatable bonds is 2. The van der Waals surface area contributed by atoms with Gasteiger partial charge < -0.3 is 14.6 Å². The van der Waals surface area contributed by atoms with Crippen LogP contribution < -0.4 is 0 Å². The maximum Gasteiger partial charge on any atom is 0.333 e. The van der Waals surface area contributed by atoms with Gasteiger partial charge in [0.2, 0.25) is 0 Å². The molecule has 1 saturated carbocycles. The van der Waals surface area contributed by atoms with E-state index in [4.69, 9.17) is 9.47 Å². The second-order valence-electron chi connectivity index (χ2n) is 8.06. The van der Waals surface area contributed by atoms with E-state index in [1.165, 1.54) is 0 Å². The zero-order valence-corrected chi connectivity index (χ0v) is 15.6. The molecule has 1 N–H and O–H groups in total. The fraction of sp³-hybridized carbons (Fsp3) is 0.700. The summed E-state index contributed by atoms with van der Waals surface area (Å²) in [7, 11) is 0. The predicted octanol–water partition coefficient (Wildman–Crippen LogP) is 2.78. The maximum absolute atomic E-state index is 12.3. The van der Waals surface area contributed by atoms with Crippen LogP contribution in [-0.2, 0) is 19.1 Å². The zero-order chi connectivity index (χ0) is 18.5. The SMILES string of the molecule is C/C=C(\C)C(=O)O[C@H]1C[C@@](C)(O)[C@@H]2CC=C(C)[C@@H]2[C@H]2OC(=O)[C@@H](C)[C@@H]21. The molecule has 7 atom stereocenters. The van der Waals surface area contributed by atoms with Gasteiger partial charge in [-0.15, -0.1) is 0 Å². The van der Waals surface area contributed by atoms with E-state index < -0.39 is 17.7 Å². The number of carbonyl (C=O) groups excluding carboxylic acids is 2. The first-order chi connectivity index (χ1) is 11.7. The first-order valence-corrected chi connectivity index (χ1v) is 9.10. The van der Waals surface area contributed by atoms with Gasteiger partial charge in [-0.25, -0.2) is 4.79 Å². The van der Waals surface area contributed by atoms with Gasteiger partial charge in [0.05, 0.1) is 11.5 Å². The van der Waals surface area contributed by atoms with Gasteiger partial charge >= 0.3 is 11.9 Å². The molecule has 0 spiro atoms. The van der Waals surface area contributed by atoms with Crippen LogP contribution in [0.25, 0.3) is 0 Å². The van der Waals surface area contributed by atoms with Crippen molar-refractivity contribution >= 4 is 11.9 Å². The molecule has 0 radical (unpaired) electrons. The summed E-state index contributed by atoms with van der Waals surface area (Å²) in [5, 5.41) is 11.1. The van der Waals surface area contributed by atoms with Gasteiger partial charge in [0.15, 0.2) is 0 Å². The highest BCUT2D eigenvalue weighted by molar-refractivity contribution is 5.87. The van der Waals surface area contributed by atoms with E-state index in [2.05, 4.69) is 6.08 Å². The van der Waals surface area contributed by atoms with Crippen LogP contribution in [0.4, 0.5) is 0 Å². The summed E-state index contributed by atoms with van der Waals surface area (Å²) in [4.78, 5) is 24.6. The summed E-state index contributed by atoms with van der Waals surface area (Å²) in [6.45, 7) is 9.17. The second-order valence-corrected chi connectivity index (χ2v) is 8.06. The van der Waals surface area contributed by atoms with Crippen LogP contribution in [0.1, 0.15) is 47.5 Å². The van der Waals surface area contributed by atoms with Gasteiger partial charge in [0.25, 0.3) is 0 Å². The molecule has 2 aliphatic carbocycles. The topological polar surface area (TPSA) is 72.8 Å². The van der Waals surface area contributed by atoms with Crippen LogP contribution in [0, 0.1) is 23.7 Å². The Bertz CT molecular complexity index is 644. The quantitative estimate of drug-likeness (QED) is 0.472. The van der Waals surface area contributed by atoms with Crippen molar-refractivity contribution in [2.24, 2.45) is 23.7 Å². The Hall–Kier alpha value is -1.62. The first-order valence-electron chi connectivity index (χ1n) is 9.10. The van der Waals surface area contributed by atoms with Crippen LogP contribution in [0.3, 0.4) is 0 Å². The Morgan fingerprint density at radius 3 is 2.80 bits per heavy atom. The summed E-state index contributed by atoms with van der Waals surface area (Å²) in [5.74, 6) is -1.25. The lowest BCUT2D eigenvalue weighted by Crippen LogP contribution is -2.40. The zero-order valence-electron chi connectivity index (χ0n) is 15.6. The van der Waals surface area contributed by atoms with Crippen molar-refractivity contribution in [3.63, 3.8) is 0 Å². The monoisotopic (exact) mass is 348 g/mol. The number of esters is 2. The Kier molecular flexibility index (Phi) is 4.56. The number of fused-ring (bicyclic) bond motifs is 3. The van der Waals surface area contributed by atoms with Crippen molar-refractivity contribution in [1.29, 1.82) is 0 Å². The van der Waals surface area contributed by atoms with E-state index in [0.29, 0.717) is 12.0 Å². The molecule has 5 nitrogen and oxygen atoms in total. The van der Waals surface area contributed by atoms with E-state index in [0.717, 1.165) is 12.0 Å². The molecule has 0 bridgehead atoms. The Labute approximate surface area is 149 Å². The summed E-state index contributed by atoms with van der Waals surface area (Å²) in [6.07, 6.45) is 4.03. The number of ether oxygens (including phenoxy) is 2. The number of hydrogen-bond donors (Lipinski definition) is 1. The van der Waals surface area contributed by atoms with Crippen molar-refractivity contribution in [3.8, 4) is 0 Å². The lowest BCUT2D eigenvalue weighted by Gasteiger charge is -2.34. The van der Waals surface area contributed by atoms with E-state index in [1.54, 1.807) is 19.9 Å². The summed E-state index contributed by atoms with van der Waals surface area (Å²) < 4.78 is 11.5. The van der Waals surface area contributed by atoms with E-state index in [9.17, 15) is 14.7 Å². The molecule has 3 aliphatic rings. The van der Waals surface area contributed by atoms with Crippen LogP contribution in [0.15, 0.2) is 23.3 Å². The van der Waals surface area contributed by atoms with Crippen molar-refractivity contribution in [2.45, 2.75) is 65.3 Å². The highest BCUT2D eigenvalue weighted by Gasteiger charge is 2.59. The average molecular weight is 348 g/mol. The van der Waals surface area contributed by atoms with Gasteiger partial charge in [-0.3, -0.25) is 4.79 Å². The van der Waals surface area contributed by atoms with Gasteiger partial charge in [-0.2, -0.15) is 0 Å². The third-order valence-electron chi connectivity index (χ3n) is 6.44. The molecule has 0 unspecified atom stereocenters.